The predicted molar refractivity (Wildman–Crippen MR) is 129 cm³/mol. The molecular formula is C25H52N2O4. The Balaban J connectivity index is 0. The molecule has 0 heterocycles. The van der Waals surface area contributed by atoms with Crippen molar-refractivity contribution in [2.75, 3.05) is 6.61 Å². The van der Waals surface area contributed by atoms with Gasteiger partial charge in [0.05, 0.1) is 6.10 Å². The van der Waals surface area contributed by atoms with E-state index in [1.807, 2.05) is 55.4 Å². The molecule has 0 radical (unpaired) electrons. The fourth-order valence-corrected chi connectivity index (χ4v) is 4.80. The molecule has 0 fully saturated rings. The van der Waals surface area contributed by atoms with Crippen LogP contribution in [0.5, 0.6) is 0 Å². The summed E-state index contributed by atoms with van der Waals surface area (Å²) in [5.41, 5.74) is 9.36. The van der Waals surface area contributed by atoms with Gasteiger partial charge in [0.25, 0.3) is 0 Å². The van der Waals surface area contributed by atoms with E-state index in [4.69, 9.17) is 11.5 Å². The van der Waals surface area contributed by atoms with Crippen LogP contribution in [0.3, 0.4) is 0 Å². The molecule has 0 rings (SSSR count). The average Bonchev–Trinajstić information content (AvgIpc) is 2.67. The number of carbonyl (C=O) groups excluding carboxylic acids is 2. The summed E-state index contributed by atoms with van der Waals surface area (Å²) in [6.45, 7) is 21.6. The van der Waals surface area contributed by atoms with Crippen LogP contribution in [0.15, 0.2) is 0 Å². The van der Waals surface area contributed by atoms with Crippen LogP contribution in [-0.2, 0) is 9.59 Å². The molecule has 6 N–H and O–H groups in total. The van der Waals surface area contributed by atoms with Crippen molar-refractivity contribution in [3.05, 3.63) is 0 Å². The summed E-state index contributed by atoms with van der Waals surface area (Å²) >= 11 is 0. The van der Waals surface area contributed by atoms with Gasteiger partial charge in [-0.1, -0.05) is 75.7 Å². The van der Waals surface area contributed by atoms with Crippen LogP contribution in [0.2, 0.25) is 0 Å². The highest BCUT2D eigenvalue weighted by Gasteiger charge is 2.50. The molecule has 0 aromatic heterocycles. The number of hydrogen-bond donors (Lipinski definition) is 4. The van der Waals surface area contributed by atoms with Crippen LogP contribution in [0.4, 0.5) is 0 Å². The van der Waals surface area contributed by atoms with E-state index in [1.165, 1.54) is 0 Å². The van der Waals surface area contributed by atoms with Gasteiger partial charge in [-0.05, 0) is 48.3 Å². The highest BCUT2D eigenvalue weighted by atomic mass is 16.3. The number of nitrogens with two attached hydrogens (primary N) is 2. The minimum Gasteiger partial charge on any atom is -0.396 e. The molecule has 6 heteroatoms. The van der Waals surface area contributed by atoms with E-state index in [0.29, 0.717) is 0 Å². The summed E-state index contributed by atoms with van der Waals surface area (Å²) in [7, 11) is 0. The number of aliphatic hydroxyl groups is 2. The van der Waals surface area contributed by atoms with E-state index >= 15 is 0 Å². The van der Waals surface area contributed by atoms with Gasteiger partial charge in [0, 0.05) is 17.9 Å². The first-order chi connectivity index (χ1) is 13.9. The van der Waals surface area contributed by atoms with Gasteiger partial charge >= 0.3 is 0 Å². The monoisotopic (exact) mass is 444 g/mol. The third-order valence-electron chi connectivity index (χ3n) is 8.88. The number of carbonyl (C=O) groups is 2. The molecule has 0 aliphatic rings. The molecule has 6 nitrogen and oxygen atoms in total. The Morgan fingerprint density at radius 3 is 1.48 bits per heavy atom. The summed E-state index contributed by atoms with van der Waals surface area (Å²) in [6, 6.07) is 0. The molecule has 3 unspecified atom stereocenters. The molecule has 0 spiro atoms. The van der Waals surface area contributed by atoms with Gasteiger partial charge in [-0.2, -0.15) is 0 Å². The third kappa shape index (κ3) is 6.67. The number of amides is 2. The zero-order chi connectivity index (χ0) is 25.4. The van der Waals surface area contributed by atoms with Gasteiger partial charge in [0.1, 0.15) is 0 Å². The first-order valence-electron chi connectivity index (χ1n) is 11.8. The van der Waals surface area contributed by atoms with E-state index in [0.717, 1.165) is 25.7 Å². The van der Waals surface area contributed by atoms with Crippen molar-refractivity contribution < 1.29 is 19.8 Å². The molecule has 0 saturated heterocycles. The van der Waals surface area contributed by atoms with Gasteiger partial charge in [-0.25, -0.2) is 0 Å². The summed E-state index contributed by atoms with van der Waals surface area (Å²) in [5, 5.41) is 19.5. The standard InChI is InChI=1S/C14H29NO2.C11H23NO2/c1-6-11(13(15)17)12(7-2)14(8-3,9-4)10(5)16;1-9(2,7-13)11(5,6)10(3,4)8(12)14/h10-12,16H,6-9H2,1-5H3,(H2,15,17);13H,7H2,1-6H3,(H2,12,14). The summed E-state index contributed by atoms with van der Waals surface area (Å²) in [4.78, 5) is 22.9. The zero-order valence-corrected chi connectivity index (χ0v) is 22.1. The number of hydrogen-bond acceptors (Lipinski definition) is 4. The smallest absolute Gasteiger partial charge is 0.223 e. The predicted octanol–water partition coefficient (Wildman–Crippen LogP) is 4.25. The van der Waals surface area contributed by atoms with Crippen molar-refractivity contribution in [3.8, 4) is 0 Å². The first kappa shape index (κ1) is 32.0. The molecule has 0 aliphatic heterocycles. The largest absolute Gasteiger partial charge is 0.396 e. The van der Waals surface area contributed by atoms with Crippen LogP contribution in [-0.4, -0.2) is 34.7 Å². The lowest BCUT2D eigenvalue weighted by atomic mass is 9.55. The lowest BCUT2D eigenvalue weighted by Crippen LogP contribution is -2.52. The minimum atomic E-state index is -0.640. The summed E-state index contributed by atoms with van der Waals surface area (Å²) in [5.74, 6) is -0.523. The maximum absolute atomic E-state index is 11.6. The fraction of sp³-hybridized carbons (Fsp3) is 0.920. The zero-order valence-electron chi connectivity index (χ0n) is 22.1. The van der Waals surface area contributed by atoms with Crippen molar-refractivity contribution >= 4 is 11.8 Å². The molecule has 186 valence electrons. The van der Waals surface area contributed by atoms with Crippen molar-refractivity contribution in [2.45, 2.75) is 108 Å². The minimum absolute atomic E-state index is 0.0384. The molecular weight excluding hydrogens is 392 g/mol. The normalized spacial score (nSPS) is 16.0. The fourth-order valence-electron chi connectivity index (χ4n) is 4.80. The van der Waals surface area contributed by atoms with Gasteiger partial charge in [0.2, 0.25) is 11.8 Å². The molecule has 0 aromatic rings. The van der Waals surface area contributed by atoms with E-state index in [1.54, 1.807) is 0 Å². The lowest BCUT2D eigenvalue weighted by molar-refractivity contribution is -0.140. The second kappa shape index (κ2) is 12.2. The quantitative estimate of drug-likeness (QED) is 0.359. The average molecular weight is 445 g/mol. The second-order valence-electron chi connectivity index (χ2n) is 10.7. The Morgan fingerprint density at radius 1 is 0.871 bits per heavy atom. The highest BCUT2D eigenvalue weighted by molar-refractivity contribution is 5.81. The van der Waals surface area contributed by atoms with E-state index in [9.17, 15) is 19.8 Å². The van der Waals surface area contributed by atoms with Gasteiger partial charge in [0.15, 0.2) is 0 Å². The van der Waals surface area contributed by atoms with Crippen molar-refractivity contribution in [1.29, 1.82) is 0 Å². The lowest BCUT2D eigenvalue weighted by Gasteiger charge is -2.49. The van der Waals surface area contributed by atoms with Crippen LogP contribution in [0.25, 0.3) is 0 Å². The topological polar surface area (TPSA) is 127 Å². The number of rotatable bonds is 12. The van der Waals surface area contributed by atoms with Gasteiger partial charge in [-0.15, -0.1) is 0 Å². The summed E-state index contributed by atoms with van der Waals surface area (Å²) in [6.07, 6.45) is 2.99. The van der Waals surface area contributed by atoms with Crippen LogP contribution in [0.1, 0.15) is 102 Å². The molecule has 0 aromatic carbocycles. The molecule has 31 heavy (non-hydrogen) atoms. The van der Waals surface area contributed by atoms with Crippen LogP contribution >= 0.6 is 0 Å². The van der Waals surface area contributed by atoms with Crippen molar-refractivity contribution in [1.82, 2.24) is 0 Å². The number of primary amides is 2. The van der Waals surface area contributed by atoms with Crippen LogP contribution < -0.4 is 11.5 Å². The van der Waals surface area contributed by atoms with Crippen molar-refractivity contribution in [2.24, 2.45) is 45.0 Å². The van der Waals surface area contributed by atoms with Gasteiger partial charge in [-0.3, -0.25) is 9.59 Å². The molecule has 3 atom stereocenters. The van der Waals surface area contributed by atoms with E-state index in [-0.39, 0.29) is 46.5 Å². The third-order valence-corrected chi connectivity index (χ3v) is 8.88. The Morgan fingerprint density at radius 2 is 1.29 bits per heavy atom. The van der Waals surface area contributed by atoms with Gasteiger partial charge < -0.3 is 21.7 Å². The van der Waals surface area contributed by atoms with Crippen LogP contribution in [0, 0.1) is 33.5 Å². The number of aliphatic hydroxyl groups excluding tert-OH is 2. The Kier molecular flexibility index (Phi) is 12.6. The maximum atomic E-state index is 11.6. The molecule has 0 saturated carbocycles. The first-order valence-corrected chi connectivity index (χ1v) is 11.8. The van der Waals surface area contributed by atoms with Crippen molar-refractivity contribution in [3.63, 3.8) is 0 Å². The second-order valence-corrected chi connectivity index (χ2v) is 10.7. The Labute approximate surface area is 191 Å². The molecule has 2 amide bonds. The SMILES string of the molecule is CC(C)(CO)C(C)(C)C(C)(C)C(N)=O.CCC(C(N)=O)C(CC)C(CC)(CC)C(C)O. The highest BCUT2D eigenvalue weighted by Crippen LogP contribution is 2.50. The Bertz CT molecular complexity index is 564. The van der Waals surface area contributed by atoms with E-state index < -0.39 is 11.5 Å². The summed E-state index contributed by atoms with van der Waals surface area (Å²) < 4.78 is 0. The molecule has 0 bridgehead atoms. The maximum Gasteiger partial charge on any atom is 0.223 e. The Hall–Kier alpha value is -1.14. The molecule has 0 aliphatic carbocycles. The van der Waals surface area contributed by atoms with E-state index in [2.05, 4.69) is 20.8 Å².